The SMILES string of the molecule is C/C(=N\NC(=O)c1c(Cl)c(C)nn1C)c1ccc2c(c1)Nc1ccccc1S2. The van der Waals surface area contributed by atoms with Gasteiger partial charge in [0.1, 0.15) is 5.69 Å². The van der Waals surface area contributed by atoms with Gasteiger partial charge in [0.05, 0.1) is 27.8 Å². The van der Waals surface area contributed by atoms with Crippen molar-refractivity contribution in [2.45, 2.75) is 23.6 Å². The number of carbonyl (C=O) groups excluding carboxylic acids is 1. The Kier molecular flexibility index (Phi) is 4.87. The second kappa shape index (κ2) is 7.33. The molecule has 0 saturated carbocycles. The monoisotopic (exact) mass is 411 g/mol. The molecule has 0 atom stereocenters. The van der Waals surface area contributed by atoms with Gasteiger partial charge in [0, 0.05) is 16.8 Å². The van der Waals surface area contributed by atoms with Crippen LogP contribution in [-0.2, 0) is 7.05 Å². The van der Waals surface area contributed by atoms with Crippen molar-refractivity contribution < 1.29 is 4.79 Å². The Bertz CT molecular complexity index is 1120. The van der Waals surface area contributed by atoms with E-state index in [1.807, 2.05) is 31.2 Å². The second-order valence-electron chi connectivity index (χ2n) is 6.44. The van der Waals surface area contributed by atoms with Crippen LogP contribution in [0.2, 0.25) is 5.02 Å². The summed E-state index contributed by atoms with van der Waals surface area (Å²) in [4.78, 5) is 14.8. The van der Waals surface area contributed by atoms with Crippen LogP contribution in [0.25, 0.3) is 0 Å². The summed E-state index contributed by atoms with van der Waals surface area (Å²) in [5.74, 6) is -0.395. The summed E-state index contributed by atoms with van der Waals surface area (Å²) >= 11 is 7.89. The van der Waals surface area contributed by atoms with Gasteiger partial charge in [-0.2, -0.15) is 10.2 Å². The van der Waals surface area contributed by atoms with Crippen molar-refractivity contribution in [1.82, 2.24) is 15.2 Å². The van der Waals surface area contributed by atoms with Crippen molar-refractivity contribution >= 4 is 46.4 Å². The molecule has 2 heterocycles. The van der Waals surface area contributed by atoms with Gasteiger partial charge in [-0.05, 0) is 43.7 Å². The predicted molar refractivity (Wildman–Crippen MR) is 113 cm³/mol. The maximum atomic E-state index is 12.4. The van der Waals surface area contributed by atoms with Gasteiger partial charge in [-0.15, -0.1) is 0 Å². The molecule has 0 aliphatic carbocycles. The number of fused-ring (bicyclic) bond motifs is 2. The minimum atomic E-state index is -0.395. The lowest BCUT2D eigenvalue weighted by Gasteiger charge is -2.21. The topological polar surface area (TPSA) is 71.3 Å². The minimum absolute atomic E-state index is 0.288. The highest BCUT2D eigenvalue weighted by Crippen LogP contribution is 2.44. The molecule has 1 amide bonds. The van der Waals surface area contributed by atoms with Crippen LogP contribution in [0.15, 0.2) is 57.4 Å². The third-order valence-corrected chi connectivity index (χ3v) is 6.07. The molecule has 4 rings (SSSR count). The summed E-state index contributed by atoms with van der Waals surface area (Å²) in [6.45, 7) is 3.60. The summed E-state index contributed by atoms with van der Waals surface area (Å²) in [6, 6.07) is 14.3. The van der Waals surface area contributed by atoms with Gasteiger partial charge in [0.15, 0.2) is 0 Å². The van der Waals surface area contributed by atoms with Crippen LogP contribution in [0.3, 0.4) is 0 Å². The Morgan fingerprint density at radius 2 is 1.96 bits per heavy atom. The van der Waals surface area contributed by atoms with Crippen molar-refractivity contribution in [1.29, 1.82) is 0 Å². The van der Waals surface area contributed by atoms with E-state index in [9.17, 15) is 4.79 Å². The van der Waals surface area contributed by atoms with E-state index in [0.29, 0.717) is 16.4 Å². The molecular formula is C20H18ClN5OS. The minimum Gasteiger partial charge on any atom is -0.354 e. The zero-order chi connectivity index (χ0) is 19.8. The number of hydrogen-bond donors (Lipinski definition) is 2. The van der Waals surface area contributed by atoms with Gasteiger partial charge < -0.3 is 5.32 Å². The Morgan fingerprint density at radius 1 is 1.21 bits per heavy atom. The molecule has 142 valence electrons. The molecule has 0 unspecified atom stereocenters. The highest BCUT2D eigenvalue weighted by molar-refractivity contribution is 7.99. The molecule has 0 saturated heterocycles. The van der Waals surface area contributed by atoms with E-state index < -0.39 is 5.91 Å². The number of nitrogens with one attached hydrogen (secondary N) is 2. The number of hydrogen-bond acceptors (Lipinski definition) is 5. The fraction of sp³-hybridized carbons (Fsp3) is 0.150. The number of hydrazone groups is 1. The molecule has 1 aliphatic heterocycles. The highest BCUT2D eigenvalue weighted by atomic mass is 35.5. The standard InChI is InChI=1S/C20H18ClN5OS/c1-11(23-24-20(27)19-18(21)12(2)25-26(19)3)13-8-9-17-15(10-13)22-14-6-4-5-7-16(14)28-17/h4-10,22H,1-3H3,(H,24,27)/b23-11+. The lowest BCUT2D eigenvalue weighted by Crippen LogP contribution is -2.22. The number of benzene rings is 2. The molecule has 8 heteroatoms. The first-order valence-electron chi connectivity index (χ1n) is 8.66. The third kappa shape index (κ3) is 3.39. The normalized spacial score (nSPS) is 12.8. The Morgan fingerprint density at radius 3 is 2.71 bits per heavy atom. The van der Waals surface area contributed by atoms with E-state index in [4.69, 9.17) is 11.6 Å². The largest absolute Gasteiger partial charge is 0.354 e. The molecule has 0 radical (unpaired) electrons. The zero-order valence-electron chi connectivity index (χ0n) is 15.6. The molecule has 0 spiro atoms. The van der Waals surface area contributed by atoms with Crippen molar-refractivity contribution in [3.8, 4) is 0 Å². The van der Waals surface area contributed by atoms with E-state index in [0.717, 1.165) is 21.8 Å². The molecule has 6 nitrogen and oxygen atoms in total. The average molecular weight is 412 g/mol. The number of aromatic nitrogens is 2. The van der Waals surface area contributed by atoms with E-state index in [-0.39, 0.29) is 5.69 Å². The van der Waals surface area contributed by atoms with Crippen LogP contribution in [0.4, 0.5) is 11.4 Å². The molecule has 0 fully saturated rings. The van der Waals surface area contributed by atoms with Gasteiger partial charge in [0.25, 0.3) is 5.91 Å². The maximum Gasteiger partial charge on any atom is 0.291 e. The predicted octanol–water partition coefficient (Wildman–Crippen LogP) is 4.74. The average Bonchev–Trinajstić information content (AvgIpc) is 2.95. The van der Waals surface area contributed by atoms with Crippen molar-refractivity contribution in [2.75, 3.05) is 5.32 Å². The van der Waals surface area contributed by atoms with Crippen LogP contribution in [0.1, 0.15) is 28.7 Å². The fourth-order valence-electron chi connectivity index (χ4n) is 3.00. The quantitative estimate of drug-likeness (QED) is 0.377. The van der Waals surface area contributed by atoms with E-state index >= 15 is 0 Å². The number of nitrogens with zero attached hydrogens (tertiary/aromatic N) is 3. The molecule has 2 N–H and O–H groups in total. The number of rotatable bonds is 3. The van der Waals surface area contributed by atoms with Gasteiger partial charge in [0.2, 0.25) is 0 Å². The van der Waals surface area contributed by atoms with Crippen LogP contribution >= 0.6 is 23.4 Å². The first-order valence-corrected chi connectivity index (χ1v) is 9.85. The third-order valence-electron chi connectivity index (χ3n) is 4.46. The van der Waals surface area contributed by atoms with Gasteiger partial charge in [-0.3, -0.25) is 9.48 Å². The Hall–Kier alpha value is -2.77. The lowest BCUT2D eigenvalue weighted by atomic mass is 10.1. The fourth-order valence-corrected chi connectivity index (χ4v) is 4.21. The Labute approximate surface area is 172 Å². The molecule has 3 aromatic rings. The smallest absolute Gasteiger partial charge is 0.291 e. The number of halogens is 1. The number of aryl methyl sites for hydroxylation is 2. The lowest BCUT2D eigenvalue weighted by molar-refractivity contribution is 0.0945. The first kappa shape index (κ1) is 18.6. The van der Waals surface area contributed by atoms with Crippen LogP contribution < -0.4 is 10.7 Å². The van der Waals surface area contributed by atoms with Gasteiger partial charge in [-0.1, -0.05) is 41.6 Å². The molecule has 2 aromatic carbocycles. The maximum absolute atomic E-state index is 12.4. The number of anilines is 2. The summed E-state index contributed by atoms with van der Waals surface area (Å²) in [7, 11) is 1.68. The van der Waals surface area contributed by atoms with E-state index in [2.05, 4.69) is 39.1 Å². The molecular weight excluding hydrogens is 394 g/mol. The van der Waals surface area contributed by atoms with Crippen LogP contribution in [-0.4, -0.2) is 21.4 Å². The molecule has 0 bridgehead atoms. The Balaban J connectivity index is 1.54. The second-order valence-corrected chi connectivity index (χ2v) is 7.91. The molecule has 1 aromatic heterocycles. The van der Waals surface area contributed by atoms with Crippen LogP contribution in [0, 0.1) is 6.92 Å². The number of amides is 1. The summed E-state index contributed by atoms with van der Waals surface area (Å²) < 4.78 is 1.45. The van der Waals surface area contributed by atoms with Gasteiger partial charge >= 0.3 is 0 Å². The number of para-hydroxylation sites is 1. The van der Waals surface area contributed by atoms with Crippen molar-refractivity contribution in [3.05, 3.63) is 64.4 Å². The summed E-state index contributed by atoms with van der Waals surface area (Å²) in [6.07, 6.45) is 0. The first-order chi connectivity index (χ1) is 13.4. The summed E-state index contributed by atoms with van der Waals surface area (Å²) in [5.41, 5.74) is 7.17. The molecule has 1 aliphatic rings. The van der Waals surface area contributed by atoms with Crippen molar-refractivity contribution in [3.63, 3.8) is 0 Å². The highest BCUT2D eigenvalue weighted by Gasteiger charge is 2.19. The van der Waals surface area contributed by atoms with Crippen molar-refractivity contribution in [2.24, 2.45) is 12.1 Å². The zero-order valence-corrected chi connectivity index (χ0v) is 17.1. The van der Waals surface area contributed by atoms with E-state index in [1.54, 1.807) is 25.7 Å². The van der Waals surface area contributed by atoms with Crippen LogP contribution in [0.5, 0.6) is 0 Å². The van der Waals surface area contributed by atoms with E-state index in [1.165, 1.54) is 9.58 Å². The molecule has 28 heavy (non-hydrogen) atoms. The summed E-state index contributed by atoms with van der Waals surface area (Å²) in [5, 5.41) is 12.2. The number of carbonyl (C=O) groups is 1. The van der Waals surface area contributed by atoms with Gasteiger partial charge in [-0.25, -0.2) is 5.43 Å².